The molecule has 0 atom stereocenters. The highest BCUT2D eigenvalue weighted by Gasteiger charge is 2.27. The minimum atomic E-state index is -0.462. The molecule has 1 aliphatic rings. The summed E-state index contributed by atoms with van der Waals surface area (Å²) in [6.45, 7) is 2.72. The second-order valence-electron chi connectivity index (χ2n) is 6.70. The first-order chi connectivity index (χ1) is 14.4. The summed E-state index contributed by atoms with van der Waals surface area (Å²) in [5.74, 6) is 0.628. The smallest absolute Gasteiger partial charge is 0.270 e. The van der Waals surface area contributed by atoms with Crippen LogP contribution in [0, 0.1) is 10.1 Å². The molecule has 1 amide bonds. The van der Waals surface area contributed by atoms with Crippen molar-refractivity contribution in [1.29, 1.82) is 0 Å². The Morgan fingerprint density at radius 1 is 1.27 bits per heavy atom. The number of piperazine rings is 1. The molecular weight excluding hydrogens is 448 g/mol. The van der Waals surface area contributed by atoms with Gasteiger partial charge in [-0.3, -0.25) is 14.9 Å². The summed E-state index contributed by atoms with van der Waals surface area (Å²) >= 11 is 13.0. The quantitative estimate of drug-likeness (QED) is 0.355. The van der Waals surface area contributed by atoms with Crippen LogP contribution in [0.5, 0.6) is 0 Å². The van der Waals surface area contributed by atoms with Crippen LogP contribution in [-0.4, -0.2) is 51.9 Å². The minimum Gasteiger partial charge on any atom is -0.467 e. The first-order valence-corrected chi connectivity index (χ1v) is 10.7. The number of carbonyl (C=O) groups excluding carboxylic acids is 1. The molecule has 0 radical (unpaired) electrons. The molecule has 30 heavy (non-hydrogen) atoms. The van der Waals surface area contributed by atoms with Gasteiger partial charge in [-0.05, 0) is 30.4 Å². The number of nitro benzene ring substituents is 1. The molecule has 0 spiro atoms. The van der Waals surface area contributed by atoms with Gasteiger partial charge in [0.1, 0.15) is 10.6 Å². The molecule has 8 nitrogen and oxygen atoms in total. The van der Waals surface area contributed by atoms with Gasteiger partial charge in [0.05, 0.1) is 22.8 Å². The van der Waals surface area contributed by atoms with E-state index in [0.29, 0.717) is 57.8 Å². The van der Waals surface area contributed by atoms with E-state index in [2.05, 4.69) is 5.32 Å². The van der Waals surface area contributed by atoms with Crippen molar-refractivity contribution in [2.24, 2.45) is 0 Å². The lowest BCUT2D eigenvalue weighted by atomic mass is 10.2. The number of fused-ring (bicyclic) bond motifs is 1. The number of benzene rings is 1. The Balaban J connectivity index is 1.40. The van der Waals surface area contributed by atoms with E-state index < -0.39 is 4.92 Å². The van der Waals surface area contributed by atoms with Gasteiger partial charge in [0.2, 0.25) is 0 Å². The van der Waals surface area contributed by atoms with Crippen LogP contribution in [0.4, 0.5) is 5.69 Å². The lowest BCUT2D eigenvalue weighted by Gasteiger charge is -2.36. The number of furan rings is 1. The molecule has 1 fully saturated rings. The molecule has 0 saturated carbocycles. The van der Waals surface area contributed by atoms with Gasteiger partial charge in [-0.2, -0.15) is 0 Å². The second kappa shape index (κ2) is 8.58. The van der Waals surface area contributed by atoms with E-state index in [1.165, 1.54) is 23.5 Å². The van der Waals surface area contributed by atoms with Gasteiger partial charge in [0, 0.05) is 48.4 Å². The number of carbonyl (C=O) groups is 1. The molecule has 3 heterocycles. The molecule has 11 heteroatoms. The molecule has 0 aliphatic carbocycles. The number of amides is 1. The fraction of sp³-hybridized carbons (Fsp3) is 0.263. The normalized spacial score (nSPS) is 14.2. The third-order valence-electron chi connectivity index (χ3n) is 4.87. The van der Waals surface area contributed by atoms with E-state index in [1.807, 2.05) is 17.0 Å². The number of thiocarbonyl (C=S) groups is 1. The first-order valence-electron chi connectivity index (χ1n) is 9.15. The summed E-state index contributed by atoms with van der Waals surface area (Å²) in [7, 11) is 0. The van der Waals surface area contributed by atoms with Crippen LogP contribution in [-0.2, 0) is 6.54 Å². The van der Waals surface area contributed by atoms with Gasteiger partial charge < -0.3 is 19.5 Å². The van der Waals surface area contributed by atoms with Gasteiger partial charge in [0.25, 0.3) is 11.6 Å². The molecule has 156 valence electrons. The highest BCUT2D eigenvalue weighted by Crippen LogP contribution is 2.38. The van der Waals surface area contributed by atoms with Crippen LogP contribution in [0.25, 0.3) is 10.1 Å². The minimum absolute atomic E-state index is 0.0245. The predicted molar refractivity (Wildman–Crippen MR) is 119 cm³/mol. The maximum atomic E-state index is 13.0. The van der Waals surface area contributed by atoms with Gasteiger partial charge in [-0.15, -0.1) is 11.3 Å². The topological polar surface area (TPSA) is 91.9 Å². The van der Waals surface area contributed by atoms with Gasteiger partial charge in [0.15, 0.2) is 5.11 Å². The number of rotatable bonds is 4. The first kappa shape index (κ1) is 20.6. The average Bonchev–Trinajstić information content (AvgIpc) is 3.39. The molecule has 0 unspecified atom stereocenters. The van der Waals surface area contributed by atoms with Crippen molar-refractivity contribution < 1.29 is 14.1 Å². The van der Waals surface area contributed by atoms with Crippen LogP contribution in [0.3, 0.4) is 0 Å². The SMILES string of the molecule is O=C(c1sc2cc([N+](=O)[O-])ccc2c1Cl)N1CCN(C(=S)NCc2ccco2)CC1. The third kappa shape index (κ3) is 4.11. The Hall–Kier alpha value is -2.69. The van der Waals surface area contributed by atoms with Gasteiger partial charge in [-0.25, -0.2) is 0 Å². The fourth-order valence-corrected chi connectivity index (χ4v) is 5.02. The summed E-state index contributed by atoms with van der Waals surface area (Å²) in [5.41, 5.74) is -0.0245. The fourth-order valence-electron chi connectivity index (χ4n) is 3.25. The number of hydrogen-bond donors (Lipinski definition) is 1. The highest BCUT2D eigenvalue weighted by molar-refractivity contribution is 7.80. The van der Waals surface area contributed by atoms with E-state index in [4.69, 9.17) is 28.2 Å². The Morgan fingerprint density at radius 2 is 2.00 bits per heavy atom. The highest BCUT2D eigenvalue weighted by atomic mass is 35.5. The number of nitrogens with zero attached hydrogens (tertiary/aromatic N) is 3. The van der Waals surface area contributed by atoms with Crippen molar-refractivity contribution in [1.82, 2.24) is 15.1 Å². The van der Waals surface area contributed by atoms with Crippen molar-refractivity contribution >= 4 is 61.9 Å². The van der Waals surface area contributed by atoms with E-state index >= 15 is 0 Å². The summed E-state index contributed by atoms with van der Waals surface area (Å²) in [6.07, 6.45) is 1.61. The zero-order valence-corrected chi connectivity index (χ0v) is 18.1. The number of nitrogens with one attached hydrogen (secondary N) is 1. The number of hydrogen-bond acceptors (Lipinski definition) is 6. The van der Waals surface area contributed by atoms with Crippen molar-refractivity contribution in [2.45, 2.75) is 6.54 Å². The molecular formula is C19H17ClN4O4S2. The average molecular weight is 465 g/mol. The maximum absolute atomic E-state index is 13.0. The zero-order chi connectivity index (χ0) is 21.3. The van der Waals surface area contributed by atoms with E-state index in [9.17, 15) is 14.9 Å². The molecule has 1 aromatic carbocycles. The largest absolute Gasteiger partial charge is 0.467 e. The number of nitro groups is 1. The van der Waals surface area contributed by atoms with Crippen LogP contribution >= 0.6 is 35.2 Å². The van der Waals surface area contributed by atoms with Crippen LogP contribution in [0.15, 0.2) is 41.0 Å². The van der Waals surface area contributed by atoms with E-state index in [0.717, 1.165) is 5.76 Å². The lowest BCUT2D eigenvalue weighted by molar-refractivity contribution is -0.384. The lowest BCUT2D eigenvalue weighted by Crippen LogP contribution is -2.52. The van der Waals surface area contributed by atoms with E-state index in [-0.39, 0.29) is 11.6 Å². The number of thiophene rings is 1. The molecule has 1 saturated heterocycles. The van der Waals surface area contributed by atoms with Crippen molar-refractivity contribution in [2.75, 3.05) is 26.2 Å². The summed E-state index contributed by atoms with van der Waals surface area (Å²) < 4.78 is 5.91. The van der Waals surface area contributed by atoms with Crippen molar-refractivity contribution in [3.8, 4) is 0 Å². The van der Waals surface area contributed by atoms with Crippen LogP contribution < -0.4 is 5.32 Å². The number of halogens is 1. The monoisotopic (exact) mass is 464 g/mol. The Morgan fingerprint density at radius 3 is 2.67 bits per heavy atom. The van der Waals surface area contributed by atoms with E-state index in [1.54, 1.807) is 17.2 Å². The zero-order valence-electron chi connectivity index (χ0n) is 15.7. The summed E-state index contributed by atoms with van der Waals surface area (Å²) in [4.78, 5) is 27.7. The predicted octanol–water partition coefficient (Wildman–Crippen LogP) is 3.89. The van der Waals surface area contributed by atoms with Crippen molar-refractivity contribution in [3.63, 3.8) is 0 Å². The molecule has 1 N–H and O–H groups in total. The van der Waals surface area contributed by atoms with Crippen LogP contribution in [0.2, 0.25) is 5.02 Å². The Labute approximate surface area is 186 Å². The summed E-state index contributed by atoms with van der Waals surface area (Å²) in [6, 6.07) is 8.12. The van der Waals surface area contributed by atoms with Crippen molar-refractivity contribution in [3.05, 3.63) is 62.4 Å². The van der Waals surface area contributed by atoms with Gasteiger partial charge >= 0.3 is 0 Å². The Bertz CT molecular complexity index is 1110. The molecule has 2 aromatic heterocycles. The Kier molecular flexibility index (Phi) is 5.89. The number of non-ortho nitro benzene ring substituents is 1. The third-order valence-corrected chi connectivity index (χ3v) is 6.91. The van der Waals surface area contributed by atoms with Crippen LogP contribution in [0.1, 0.15) is 15.4 Å². The maximum Gasteiger partial charge on any atom is 0.270 e. The molecule has 3 aromatic rings. The molecule has 4 rings (SSSR count). The molecule has 1 aliphatic heterocycles. The van der Waals surface area contributed by atoms with Gasteiger partial charge in [-0.1, -0.05) is 11.6 Å². The second-order valence-corrected chi connectivity index (χ2v) is 8.52. The standard InChI is InChI=1S/C19H17ClN4O4S2/c20-16-14-4-3-12(24(26)27)10-15(14)30-17(16)18(25)22-5-7-23(8-6-22)19(29)21-11-13-2-1-9-28-13/h1-4,9-10H,5-8,11H2,(H,21,29). The summed E-state index contributed by atoms with van der Waals surface area (Å²) in [5, 5.41) is 15.8. The molecule has 0 bridgehead atoms.